The summed E-state index contributed by atoms with van der Waals surface area (Å²) < 4.78 is 10.4. The Bertz CT molecular complexity index is 706. The van der Waals surface area contributed by atoms with Crippen LogP contribution < -0.4 is 9.47 Å². The standard InChI is InChI=1S/C24H28O4/c1-3-5-7-19-9-13-21(14-10-19)27-23(25)17-18-24(26)28-22-15-11-20(12-16-22)8-6-4-2/h9-18H,3-8H2,1-2H3/b18-17-. The zero-order valence-electron chi connectivity index (χ0n) is 16.6. The second-order valence-electron chi connectivity index (χ2n) is 6.67. The molecule has 4 nitrogen and oxygen atoms in total. The quantitative estimate of drug-likeness (QED) is 0.313. The lowest BCUT2D eigenvalue weighted by molar-refractivity contribution is -0.131. The van der Waals surface area contributed by atoms with Gasteiger partial charge < -0.3 is 9.47 Å². The van der Waals surface area contributed by atoms with Gasteiger partial charge in [-0.2, -0.15) is 0 Å². The third kappa shape index (κ3) is 7.78. The van der Waals surface area contributed by atoms with E-state index >= 15 is 0 Å². The Labute approximate surface area is 167 Å². The van der Waals surface area contributed by atoms with Gasteiger partial charge in [-0.1, -0.05) is 51.0 Å². The van der Waals surface area contributed by atoms with Crippen molar-refractivity contribution in [3.8, 4) is 11.5 Å². The summed E-state index contributed by atoms with van der Waals surface area (Å²) in [6.45, 7) is 4.30. The molecule has 2 rings (SSSR count). The summed E-state index contributed by atoms with van der Waals surface area (Å²) in [5.74, 6) is -0.335. The summed E-state index contributed by atoms with van der Waals surface area (Å²) >= 11 is 0. The fourth-order valence-corrected chi connectivity index (χ4v) is 2.65. The van der Waals surface area contributed by atoms with Crippen LogP contribution in [-0.4, -0.2) is 11.9 Å². The molecule has 0 saturated heterocycles. The van der Waals surface area contributed by atoms with Gasteiger partial charge in [0.05, 0.1) is 0 Å². The molecule has 0 N–H and O–H groups in total. The molecule has 0 unspecified atom stereocenters. The zero-order chi connectivity index (χ0) is 20.2. The number of hydrogen-bond acceptors (Lipinski definition) is 4. The SMILES string of the molecule is CCCCc1ccc(OC(=O)/C=C\C(=O)Oc2ccc(CCCC)cc2)cc1. The molecule has 28 heavy (non-hydrogen) atoms. The summed E-state index contributed by atoms with van der Waals surface area (Å²) in [6.07, 6.45) is 8.70. The van der Waals surface area contributed by atoms with E-state index in [1.165, 1.54) is 11.1 Å². The van der Waals surface area contributed by atoms with Gasteiger partial charge in [0.2, 0.25) is 0 Å². The minimum atomic E-state index is -0.617. The third-order valence-electron chi connectivity index (χ3n) is 4.28. The van der Waals surface area contributed by atoms with Crippen LogP contribution in [0.2, 0.25) is 0 Å². The van der Waals surface area contributed by atoms with Crippen molar-refractivity contribution in [2.75, 3.05) is 0 Å². The second kappa shape index (κ2) is 11.8. The van der Waals surface area contributed by atoms with Crippen molar-refractivity contribution in [2.45, 2.75) is 52.4 Å². The second-order valence-corrected chi connectivity index (χ2v) is 6.67. The van der Waals surface area contributed by atoms with Crippen LogP contribution >= 0.6 is 0 Å². The van der Waals surface area contributed by atoms with E-state index in [0.29, 0.717) is 11.5 Å². The topological polar surface area (TPSA) is 52.6 Å². The predicted octanol–water partition coefficient (Wildman–Crippen LogP) is 5.44. The number of ether oxygens (including phenoxy) is 2. The Kier molecular flexibility index (Phi) is 8.99. The smallest absolute Gasteiger partial charge is 0.336 e. The molecule has 2 aromatic carbocycles. The lowest BCUT2D eigenvalue weighted by Crippen LogP contribution is -2.08. The molecule has 0 radical (unpaired) electrons. The normalized spacial score (nSPS) is 10.8. The number of unbranched alkanes of at least 4 members (excludes halogenated alkanes) is 2. The maximum atomic E-state index is 11.9. The van der Waals surface area contributed by atoms with Crippen LogP contribution in [0, 0.1) is 0 Å². The van der Waals surface area contributed by atoms with E-state index in [4.69, 9.17) is 9.47 Å². The minimum absolute atomic E-state index is 0.450. The van der Waals surface area contributed by atoms with E-state index < -0.39 is 11.9 Å². The molecule has 0 spiro atoms. The average molecular weight is 380 g/mol. The summed E-state index contributed by atoms with van der Waals surface area (Å²) in [6, 6.07) is 14.8. The van der Waals surface area contributed by atoms with Crippen molar-refractivity contribution >= 4 is 11.9 Å². The highest BCUT2D eigenvalue weighted by molar-refractivity contribution is 5.93. The lowest BCUT2D eigenvalue weighted by atomic mass is 10.1. The van der Waals surface area contributed by atoms with Crippen molar-refractivity contribution in [2.24, 2.45) is 0 Å². The third-order valence-corrected chi connectivity index (χ3v) is 4.28. The van der Waals surface area contributed by atoms with E-state index in [2.05, 4.69) is 13.8 Å². The molecule has 4 heteroatoms. The first-order valence-corrected chi connectivity index (χ1v) is 9.90. The first-order valence-electron chi connectivity index (χ1n) is 9.90. The van der Waals surface area contributed by atoms with Crippen molar-refractivity contribution in [1.29, 1.82) is 0 Å². The van der Waals surface area contributed by atoms with Gasteiger partial charge in [-0.05, 0) is 61.1 Å². The number of esters is 2. The molecule has 0 fully saturated rings. The van der Waals surface area contributed by atoms with Gasteiger partial charge in [-0.3, -0.25) is 0 Å². The van der Waals surface area contributed by atoms with E-state index in [1.54, 1.807) is 24.3 Å². The van der Waals surface area contributed by atoms with Crippen LogP contribution in [-0.2, 0) is 22.4 Å². The molecule has 0 aliphatic rings. The van der Waals surface area contributed by atoms with Crippen molar-refractivity contribution in [3.05, 3.63) is 71.8 Å². The molecule has 0 bridgehead atoms. The van der Waals surface area contributed by atoms with Gasteiger partial charge in [0.1, 0.15) is 11.5 Å². The Balaban J connectivity index is 1.80. The molecule has 2 aromatic rings. The number of benzene rings is 2. The van der Waals surface area contributed by atoms with Gasteiger partial charge in [-0.15, -0.1) is 0 Å². The Hall–Kier alpha value is -2.88. The van der Waals surface area contributed by atoms with Crippen LogP contribution in [0.1, 0.15) is 50.7 Å². The first kappa shape index (κ1) is 21.4. The van der Waals surface area contributed by atoms with Gasteiger partial charge in [-0.25, -0.2) is 9.59 Å². The van der Waals surface area contributed by atoms with E-state index in [9.17, 15) is 9.59 Å². The molecule has 0 amide bonds. The van der Waals surface area contributed by atoms with Gasteiger partial charge in [0.25, 0.3) is 0 Å². The molecular formula is C24H28O4. The number of carbonyl (C=O) groups is 2. The first-order chi connectivity index (χ1) is 13.6. The molecule has 0 aliphatic heterocycles. The highest BCUT2D eigenvalue weighted by Crippen LogP contribution is 2.15. The van der Waals surface area contributed by atoms with E-state index in [1.807, 2.05) is 24.3 Å². The molecule has 0 heterocycles. The van der Waals surface area contributed by atoms with Gasteiger partial charge in [0, 0.05) is 12.2 Å². The molecule has 148 valence electrons. The van der Waals surface area contributed by atoms with Crippen LogP contribution in [0.5, 0.6) is 11.5 Å². The van der Waals surface area contributed by atoms with Crippen LogP contribution in [0.3, 0.4) is 0 Å². The highest BCUT2D eigenvalue weighted by Gasteiger charge is 2.05. The fourth-order valence-electron chi connectivity index (χ4n) is 2.65. The van der Waals surface area contributed by atoms with Crippen LogP contribution in [0.4, 0.5) is 0 Å². The highest BCUT2D eigenvalue weighted by atomic mass is 16.5. The lowest BCUT2D eigenvalue weighted by Gasteiger charge is -2.04. The van der Waals surface area contributed by atoms with Gasteiger partial charge in [0.15, 0.2) is 0 Å². The molecule has 0 aromatic heterocycles. The number of carbonyl (C=O) groups excluding carboxylic acids is 2. The van der Waals surface area contributed by atoms with E-state index in [0.717, 1.165) is 50.7 Å². The fraction of sp³-hybridized carbons (Fsp3) is 0.333. The maximum absolute atomic E-state index is 11.9. The Morgan fingerprint density at radius 2 is 1.04 bits per heavy atom. The van der Waals surface area contributed by atoms with E-state index in [-0.39, 0.29) is 0 Å². The Morgan fingerprint density at radius 1 is 0.679 bits per heavy atom. The Morgan fingerprint density at radius 3 is 1.36 bits per heavy atom. The molecule has 0 atom stereocenters. The van der Waals surface area contributed by atoms with Crippen molar-refractivity contribution < 1.29 is 19.1 Å². The number of rotatable bonds is 10. The largest absolute Gasteiger partial charge is 0.423 e. The predicted molar refractivity (Wildman–Crippen MR) is 111 cm³/mol. The van der Waals surface area contributed by atoms with Gasteiger partial charge >= 0.3 is 11.9 Å². The van der Waals surface area contributed by atoms with Crippen molar-refractivity contribution in [3.63, 3.8) is 0 Å². The van der Waals surface area contributed by atoms with Crippen LogP contribution in [0.15, 0.2) is 60.7 Å². The number of hydrogen-bond donors (Lipinski definition) is 0. The molecular weight excluding hydrogens is 352 g/mol. The summed E-state index contributed by atoms with van der Waals surface area (Å²) in [7, 11) is 0. The monoisotopic (exact) mass is 380 g/mol. The molecule has 0 aliphatic carbocycles. The number of aryl methyl sites for hydroxylation is 2. The maximum Gasteiger partial charge on any atom is 0.336 e. The minimum Gasteiger partial charge on any atom is -0.423 e. The summed E-state index contributed by atoms with van der Waals surface area (Å²) in [5.41, 5.74) is 2.42. The summed E-state index contributed by atoms with van der Waals surface area (Å²) in [5, 5.41) is 0. The average Bonchev–Trinajstić information content (AvgIpc) is 2.71. The van der Waals surface area contributed by atoms with Crippen LogP contribution in [0.25, 0.3) is 0 Å². The van der Waals surface area contributed by atoms with Crippen molar-refractivity contribution in [1.82, 2.24) is 0 Å². The summed E-state index contributed by atoms with van der Waals surface area (Å²) in [4.78, 5) is 23.7. The molecule has 0 saturated carbocycles. The zero-order valence-corrected chi connectivity index (χ0v) is 16.6.